The summed E-state index contributed by atoms with van der Waals surface area (Å²) >= 11 is 0. The van der Waals surface area contributed by atoms with E-state index in [9.17, 15) is 19.3 Å². The molecule has 2 aromatic carbocycles. The lowest BCUT2D eigenvalue weighted by molar-refractivity contribution is -0.402. The molecule has 7 nitrogen and oxygen atoms in total. The normalized spacial score (nSPS) is 10.3. The van der Waals surface area contributed by atoms with Crippen molar-refractivity contribution < 1.29 is 23.3 Å². The van der Waals surface area contributed by atoms with Gasteiger partial charge in [0.05, 0.1) is 11.8 Å². The summed E-state index contributed by atoms with van der Waals surface area (Å²) in [6.07, 6.45) is 0. The van der Waals surface area contributed by atoms with Crippen LogP contribution in [-0.4, -0.2) is 10.8 Å². The zero-order chi connectivity index (χ0) is 17.8. The van der Waals surface area contributed by atoms with Crippen molar-refractivity contribution >= 4 is 17.5 Å². The topological polar surface area (TPSA) is 94.6 Å². The first-order valence-corrected chi connectivity index (χ1v) is 7.11. The molecule has 0 fully saturated rings. The molecule has 0 aliphatic rings. The molecule has 0 unspecified atom stereocenters. The summed E-state index contributed by atoms with van der Waals surface area (Å²) in [4.78, 5) is 22.0. The number of rotatable bonds is 5. The van der Waals surface area contributed by atoms with Crippen LogP contribution in [0.5, 0.6) is 11.5 Å². The van der Waals surface area contributed by atoms with Crippen LogP contribution in [0.2, 0.25) is 0 Å². The Morgan fingerprint density at radius 1 is 1.12 bits per heavy atom. The van der Waals surface area contributed by atoms with Gasteiger partial charge in [-0.15, -0.1) is 0 Å². The summed E-state index contributed by atoms with van der Waals surface area (Å²) in [7, 11) is 0. The number of amides is 1. The second-order valence-electron chi connectivity index (χ2n) is 4.90. The molecule has 0 aliphatic heterocycles. The van der Waals surface area contributed by atoms with E-state index in [1.54, 1.807) is 30.3 Å². The second-order valence-corrected chi connectivity index (χ2v) is 4.90. The number of furan rings is 1. The van der Waals surface area contributed by atoms with Crippen molar-refractivity contribution in [3.63, 3.8) is 0 Å². The lowest BCUT2D eigenvalue weighted by Crippen LogP contribution is -2.11. The Morgan fingerprint density at radius 2 is 1.92 bits per heavy atom. The van der Waals surface area contributed by atoms with Gasteiger partial charge in [-0.05, 0) is 30.3 Å². The SMILES string of the molecule is O=C(Nc1ccccc1Oc1cccc(F)c1)c1ccc([N+](=O)[O-])o1. The third-order valence-corrected chi connectivity index (χ3v) is 3.15. The molecule has 0 aliphatic carbocycles. The van der Waals surface area contributed by atoms with Crippen LogP contribution in [0.15, 0.2) is 65.1 Å². The number of hydrogen-bond donors (Lipinski definition) is 1. The van der Waals surface area contributed by atoms with Crippen LogP contribution < -0.4 is 10.1 Å². The van der Waals surface area contributed by atoms with Gasteiger partial charge in [-0.25, -0.2) is 4.39 Å². The molecule has 1 heterocycles. The highest BCUT2D eigenvalue weighted by Crippen LogP contribution is 2.30. The highest BCUT2D eigenvalue weighted by Gasteiger charge is 2.18. The van der Waals surface area contributed by atoms with Gasteiger partial charge in [-0.1, -0.05) is 18.2 Å². The number of carbonyl (C=O) groups is 1. The number of nitrogens with one attached hydrogen (secondary N) is 1. The van der Waals surface area contributed by atoms with E-state index in [0.717, 1.165) is 6.07 Å². The van der Waals surface area contributed by atoms with Crippen LogP contribution >= 0.6 is 0 Å². The monoisotopic (exact) mass is 342 g/mol. The number of ether oxygens (including phenoxy) is 1. The van der Waals surface area contributed by atoms with E-state index in [1.165, 1.54) is 24.3 Å². The van der Waals surface area contributed by atoms with Gasteiger partial charge in [0.15, 0.2) is 11.5 Å². The quantitative estimate of drug-likeness (QED) is 0.549. The predicted octanol–water partition coefficient (Wildman–Crippen LogP) is 4.37. The number of halogens is 1. The van der Waals surface area contributed by atoms with E-state index in [4.69, 9.17) is 9.15 Å². The molecule has 0 bridgehead atoms. The molecular formula is C17H11FN2O5. The van der Waals surface area contributed by atoms with Crippen molar-refractivity contribution in [3.05, 3.63) is 82.4 Å². The van der Waals surface area contributed by atoms with Crippen LogP contribution in [0, 0.1) is 15.9 Å². The largest absolute Gasteiger partial charge is 0.455 e. The number of nitro groups is 1. The van der Waals surface area contributed by atoms with Gasteiger partial charge >= 0.3 is 5.88 Å². The fraction of sp³-hybridized carbons (Fsp3) is 0. The van der Waals surface area contributed by atoms with Crippen LogP contribution in [0.3, 0.4) is 0 Å². The Balaban J connectivity index is 1.80. The molecule has 1 N–H and O–H groups in total. The fourth-order valence-corrected chi connectivity index (χ4v) is 2.05. The third-order valence-electron chi connectivity index (χ3n) is 3.15. The van der Waals surface area contributed by atoms with Gasteiger partial charge in [-0.2, -0.15) is 0 Å². The van der Waals surface area contributed by atoms with Gasteiger partial charge in [0, 0.05) is 6.07 Å². The molecule has 3 rings (SSSR count). The van der Waals surface area contributed by atoms with Crippen molar-refractivity contribution in [2.75, 3.05) is 5.32 Å². The van der Waals surface area contributed by atoms with Crippen molar-refractivity contribution in [2.24, 2.45) is 0 Å². The minimum absolute atomic E-state index is 0.216. The Bertz CT molecular complexity index is 938. The molecule has 1 aromatic heterocycles. The minimum Gasteiger partial charge on any atom is -0.455 e. The van der Waals surface area contributed by atoms with E-state index < -0.39 is 22.5 Å². The zero-order valence-electron chi connectivity index (χ0n) is 12.6. The fourth-order valence-electron chi connectivity index (χ4n) is 2.05. The maximum absolute atomic E-state index is 13.3. The molecule has 3 aromatic rings. The molecular weight excluding hydrogens is 331 g/mol. The molecule has 0 radical (unpaired) electrons. The summed E-state index contributed by atoms with van der Waals surface area (Å²) in [5, 5.41) is 13.1. The predicted molar refractivity (Wildman–Crippen MR) is 86.2 cm³/mol. The highest BCUT2D eigenvalue weighted by atomic mass is 19.1. The standard InChI is InChI=1S/C17H11FN2O5/c18-11-4-3-5-12(10-11)24-14-7-2-1-6-13(14)19-17(21)15-8-9-16(25-15)20(22)23/h1-10H,(H,19,21). The van der Waals surface area contributed by atoms with E-state index in [1.807, 2.05) is 0 Å². The van der Waals surface area contributed by atoms with E-state index in [0.29, 0.717) is 5.69 Å². The second kappa shape index (κ2) is 6.83. The summed E-state index contributed by atoms with van der Waals surface area (Å²) in [5.74, 6) is -1.34. The molecule has 0 atom stereocenters. The first-order valence-electron chi connectivity index (χ1n) is 7.11. The number of nitrogens with zero attached hydrogens (tertiary/aromatic N) is 1. The van der Waals surface area contributed by atoms with E-state index in [-0.39, 0.29) is 17.3 Å². The molecule has 8 heteroatoms. The van der Waals surface area contributed by atoms with Crippen molar-refractivity contribution in [1.82, 2.24) is 0 Å². The minimum atomic E-state index is -0.738. The summed E-state index contributed by atoms with van der Waals surface area (Å²) in [6.45, 7) is 0. The molecule has 1 amide bonds. The van der Waals surface area contributed by atoms with Gasteiger partial charge in [0.25, 0.3) is 5.91 Å². The maximum atomic E-state index is 13.3. The molecule has 0 saturated carbocycles. The maximum Gasteiger partial charge on any atom is 0.433 e. The van der Waals surface area contributed by atoms with Crippen molar-refractivity contribution in [1.29, 1.82) is 0 Å². The van der Waals surface area contributed by atoms with Gasteiger partial charge in [0.1, 0.15) is 16.5 Å². The number of benzene rings is 2. The molecule has 25 heavy (non-hydrogen) atoms. The molecule has 126 valence electrons. The Hall–Kier alpha value is -3.68. The zero-order valence-corrected chi connectivity index (χ0v) is 12.6. The van der Waals surface area contributed by atoms with E-state index in [2.05, 4.69) is 5.32 Å². The van der Waals surface area contributed by atoms with Crippen LogP contribution in [-0.2, 0) is 0 Å². The van der Waals surface area contributed by atoms with Gasteiger partial charge in [-0.3, -0.25) is 14.9 Å². The molecule has 0 spiro atoms. The summed E-state index contributed by atoms with van der Waals surface area (Å²) < 4.78 is 23.7. The molecule has 0 saturated heterocycles. The first kappa shape index (κ1) is 16.2. The van der Waals surface area contributed by atoms with E-state index >= 15 is 0 Å². The lowest BCUT2D eigenvalue weighted by Gasteiger charge is -2.11. The Labute approximate surface area is 140 Å². The van der Waals surface area contributed by atoms with Crippen molar-refractivity contribution in [2.45, 2.75) is 0 Å². The van der Waals surface area contributed by atoms with Crippen molar-refractivity contribution in [3.8, 4) is 11.5 Å². The summed E-state index contributed by atoms with van der Waals surface area (Å²) in [6, 6.07) is 14.3. The number of hydrogen-bond acceptors (Lipinski definition) is 5. The number of carbonyl (C=O) groups excluding carboxylic acids is 1. The third kappa shape index (κ3) is 3.81. The van der Waals surface area contributed by atoms with Gasteiger partial charge < -0.3 is 14.5 Å². The van der Waals surface area contributed by atoms with Crippen LogP contribution in [0.25, 0.3) is 0 Å². The Morgan fingerprint density at radius 3 is 2.64 bits per heavy atom. The van der Waals surface area contributed by atoms with Gasteiger partial charge in [0.2, 0.25) is 0 Å². The number of para-hydroxylation sites is 2. The first-order chi connectivity index (χ1) is 12.0. The average molecular weight is 342 g/mol. The lowest BCUT2D eigenvalue weighted by atomic mass is 10.2. The Kier molecular flexibility index (Phi) is 4.42. The summed E-state index contributed by atoms with van der Waals surface area (Å²) in [5.41, 5.74) is 0.302. The van der Waals surface area contributed by atoms with Crippen LogP contribution in [0.1, 0.15) is 10.6 Å². The van der Waals surface area contributed by atoms with Crippen LogP contribution in [0.4, 0.5) is 16.0 Å². The average Bonchev–Trinajstić information content (AvgIpc) is 3.07. The smallest absolute Gasteiger partial charge is 0.433 e. The highest BCUT2D eigenvalue weighted by molar-refractivity contribution is 6.03. The number of anilines is 1.